The van der Waals surface area contributed by atoms with Crippen molar-refractivity contribution in [2.75, 3.05) is 42.2 Å². The standard InChI is InChI=1S/C23H27N3O5S2/c1-2-31-19-10-9-17(15-21(19)33(29,30)25-12-5-6-13-25)24-22(27)11-14-26-18-7-3-4-8-20(18)32-16-23(26)28/h3-4,7-10,15H,2,5-6,11-14,16H2,1H3,(H,24,27). The first-order chi connectivity index (χ1) is 15.9. The lowest BCUT2D eigenvalue weighted by Gasteiger charge is -2.28. The smallest absolute Gasteiger partial charge is 0.246 e. The van der Waals surface area contributed by atoms with Crippen LogP contribution in [0.4, 0.5) is 11.4 Å². The summed E-state index contributed by atoms with van der Waals surface area (Å²) in [5, 5.41) is 2.77. The van der Waals surface area contributed by atoms with Gasteiger partial charge in [0.2, 0.25) is 21.8 Å². The maximum absolute atomic E-state index is 13.1. The maximum Gasteiger partial charge on any atom is 0.246 e. The first-order valence-corrected chi connectivity index (χ1v) is 13.4. The molecule has 176 valence electrons. The largest absolute Gasteiger partial charge is 0.492 e. The van der Waals surface area contributed by atoms with Crippen molar-refractivity contribution in [3.8, 4) is 5.75 Å². The van der Waals surface area contributed by atoms with Crippen LogP contribution in [0.2, 0.25) is 0 Å². The number of carbonyl (C=O) groups is 2. The van der Waals surface area contributed by atoms with E-state index in [0.717, 1.165) is 23.4 Å². The highest BCUT2D eigenvalue weighted by molar-refractivity contribution is 8.00. The number of hydrogen-bond donors (Lipinski definition) is 1. The second-order valence-electron chi connectivity index (χ2n) is 7.81. The van der Waals surface area contributed by atoms with Gasteiger partial charge in [-0.25, -0.2) is 8.42 Å². The molecule has 2 aromatic rings. The molecule has 4 rings (SSSR count). The Morgan fingerprint density at radius 1 is 1.15 bits per heavy atom. The van der Waals surface area contributed by atoms with Crippen LogP contribution in [-0.2, 0) is 19.6 Å². The van der Waals surface area contributed by atoms with Crippen LogP contribution in [0.25, 0.3) is 0 Å². The molecule has 0 aromatic heterocycles. The lowest BCUT2D eigenvalue weighted by Crippen LogP contribution is -2.37. The molecule has 2 heterocycles. The molecule has 0 unspecified atom stereocenters. The highest BCUT2D eigenvalue weighted by Gasteiger charge is 2.30. The van der Waals surface area contributed by atoms with Gasteiger partial charge in [-0.15, -0.1) is 11.8 Å². The summed E-state index contributed by atoms with van der Waals surface area (Å²) in [7, 11) is -3.72. The Hall–Kier alpha value is -2.56. The molecule has 2 aliphatic rings. The number of sulfonamides is 1. The van der Waals surface area contributed by atoms with Crippen molar-refractivity contribution in [2.24, 2.45) is 0 Å². The van der Waals surface area contributed by atoms with E-state index in [2.05, 4.69) is 5.32 Å². The first kappa shape index (κ1) is 23.6. The SMILES string of the molecule is CCOc1ccc(NC(=O)CCN2C(=O)CSc3ccccc32)cc1S(=O)(=O)N1CCCC1. The molecule has 8 nitrogen and oxygen atoms in total. The third kappa shape index (κ3) is 5.18. The second-order valence-corrected chi connectivity index (χ2v) is 10.7. The molecule has 0 aliphatic carbocycles. The fourth-order valence-corrected chi connectivity index (χ4v) is 6.58. The monoisotopic (exact) mass is 489 g/mol. The number of nitrogens with one attached hydrogen (secondary N) is 1. The van der Waals surface area contributed by atoms with Crippen molar-refractivity contribution in [3.63, 3.8) is 0 Å². The number of ether oxygens (including phenoxy) is 1. The average Bonchev–Trinajstić information content (AvgIpc) is 3.35. The van der Waals surface area contributed by atoms with Crippen LogP contribution in [0, 0.1) is 0 Å². The summed E-state index contributed by atoms with van der Waals surface area (Å²) < 4.78 is 33.3. The molecule has 0 bridgehead atoms. The Morgan fingerprint density at radius 3 is 2.67 bits per heavy atom. The summed E-state index contributed by atoms with van der Waals surface area (Å²) in [5.74, 6) is 0.282. The Bertz CT molecular complexity index is 1150. The molecular weight excluding hydrogens is 462 g/mol. The van der Waals surface area contributed by atoms with Crippen molar-refractivity contribution in [2.45, 2.75) is 36.0 Å². The van der Waals surface area contributed by atoms with Gasteiger partial charge in [-0.2, -0.15) is 4.31 Å². The van der Waals surface area contributed by atoms with Gasteiger partial charge in [0, 0.05) is 36.6 Å². The van der Waals surface area contributed by atoms with E-state index < -0.39 is 10.0 Å². The van der Waals surface area contributed by atoms with Crippen molar-refractivity contribution in [3.05, 3.63) is 42.5 Å². The Morgan fingerprint density at radius 2 is 1.91 bits per heavy atom. The Balaban J connectivity index is 1.48. The number of anilines is 2. The minimum absolute atomic E-state index is 0.0356. The molecule has 1 N–H and O–H groups in total. The number of nitrogens with zero attached hydrogens (tertiary/aromatic N) is 2. The fourth-order valence-electron chi connectivity index (χ4n) is 3.97. The third-order valence-corrected chi connectivity index (χ3v) is 8.55. The Kier molecular flexibility index (Phi) is 7.26. The summed E-state index contributed by atoms with van der Waals surface area (Å²) in [6, 6.07) is 12.3. The summed E-state index contributed by atoms with van der Waals surface area (Å²) >= 11 is 1.49. The van der Waals surface area contributed by atoms with E-state index in [1.165, 1.54) is 22.1 Å². The van der Waals surface area contributed by atoms with Gasteiger partial charge in [0.1, 0.15) is 10.6 Å². The van der Waals surface area contributed by atoms with Crippen LogP contribution in [0.1, 0.15) is 26.2 Å². The van der Waals surface area contributed by atoms with Crippen molar-refractivity contribution < 1.29 is 22.7 Å². The molecule has 10 heteroatoms. The lowest BCUT2D eigenvalue weighted by molar-refractivity contribution is -0.117. The van der Waals surface area contributed by atoms with Gasteiger partial charge in [-0.05, 0) is 50.1 Å². The lowest BCUT2D eigenvalue weighted by atomic mass is 10.2. The summed E-state index contributed by atoms with van der Waals surface area (Å²) in [5.41, 5.74) is 1.19. The molecule has 0 spiro atoms. The van der Waals surface area contributed by atoms with Crippen LogP contribution in [0.3, 0.4) is 0 Å². The van der Waals surface area contributed by atoms with E-state index in [9.17, 15) is 18.0 Å². The van der Waals surface area contributed by atoms with E-state index in [0.29, 0.717) is 31.1 Å². The van der Waals surface area contributed by atoms with E-state index in [1.54, 1.807) is 24.0 Å². The van der Waals surface area contributed by atoms with Gasteiger partial charge in [-0.1, -0.05) is 12.1 Å². The third-order valence-electron chi connectivity index (χ3n) is 5.58. The van der Waals surface area contributed by atoms with E-state index in [1.807, 2.05) is 24.3 Å². The molecule has 33 heavy (non-hydrogen) atoms. The van der Waals surface area contributed by atoms with Gasteiger partial charge in [0.25, 0.3) is 0 Å². The van der Waals surface area contributed by atoms with E-state index in [4.69, 9.17) is 4.74 Å². The molecule has 1 fully saturated rings. The molecule has 1 saturated heterocycles. The minimum atomic E-state index is -3.72. The van der Waals surface area contributed by atoms with Crippen LogP contribution in [0.5, 0.6) is 5.75 Å². The van der Waals surface area contributed by atoms with Crippen LogP contribution in [0.15, 0.2) is 52.3 Å². The van der Waals surface area contributed by atoms with Gasteiger partial charge < -0.3 is 15.0 Å². The zero-order chi connectivity index (χ0) is 23.4. The Labute approximate surface area is 198 Å². The van der Waals surface area contributed by atoms with E-state index in [-0.39, 0.29) is 35.4 Å². The number of amides is 2. The maximum atomic E-state index is 13.1. The van der Waals surface area contributed by atoms with Gasteiger partial charge in [0.15, 0.2) is 0 Å². The number of carbonyl (C=O) groups excluding carboxylic acids is 2. The van der Waals surface area contributed by atoms with Crippen molar-refractivity contribution >= 4 is 45.0 Å². The zero-order valence-corrected chi connectivity index (χ0v) is 20.1. The van der Waals surface area contributed by atoms with Crippen molar-refractivity contribution in [1.29, 1.82) is 0 Å². The number of rotatable bonds is 8. The highest BCUT2D eigenvalue weighted by Crippen LogP contribution is 2.35. The molecule has 2 aromatic carbocycles. The normalized spacial score (nSPS) is 16.5. The van der Waals surface area contributed by atoms with Crippen LogP contribution >= 0.6 is 11.8 Å². The van der Waals surface area contributed by atoms with E-state index >= 15 is 0 Å². The number of hydrogen-bond acceptors (Lipinski definition) is 6. The molecule has 2 aliphatic heterocycles. The van der Waals surface area contributed by atoms with Gasteiger partial charge >= 0.3 is 0 Å². The molecular formula is C23H27N3O5S2. The molecule has 0 radical (unpaired) electrons. The van der Waals surface area contributed by atoms with Gasteiger partial charge in [0.05, 0.1) is 18.0 Å². The highest BCUT2D eigenvalue weighted by atomic mass is 32.2. The number of benzene rings is 2. The predicted molar refractivity (Wildman–Crippen MR) is 128 cm³/mol. The van der Waals surface area contributed by atoms with Crippen molar-refractivity contribution in [1.82, 2.24) is 4.31 Å². The predicted octanol–water partition coefficient (Wildman–Crippen LogP) is 3.34. The first-order valence-electron chi connectivity index (χ1n) is 11.0. The van der Waals surface area contributed by atoms with Crippen LogP contribution < -0.4 is 15.0 Å². The average molecular weight is 490 g/mol. The zero-order valence-electron chi connectivity index (χ0n) is 18.5. The summed E-state index contributed by atoms with van der Waals surface area (Å²) in [6.07, 6.45) is 1.75. The molecule has 0 atom stereocenters. The number of para-hydroxylation sites is 1. The topological polar surface area (TPSA) is 96.0 Å². The summed E-state index contributed by atoms with van der Waals surface area (Å²) in [4.78, 5) is 27.8. The fraction of sp³-hybridized carbons (Fsp3) is 0.391. The second kappa shape index (κ2) is 10.1. The molecule has 0 saturated carbocycles. The quantitative estimate of drug-likeness (QED) is 0.611. The van der Waals surface area contributed by atoms with Gasteiger partial charge in [-0.3, -0.25) is 9.59 Å². The minimum Gasteiger partial charge on any atom is -0.492 e. The van der Waals surface area contributed by atoms with Crippen LogP contribution in [-0.4, -0.2) is 56.5 Å². The summed E-state index contributed by atoms with van der Waals surface area (Å²) in [6.45, 7) is 3.33. The molecule has 2 amide bonds. The number of fused-ring (bicyclic) bond motifs is 1. The number of thioether (sulfide) groups is 1.